The lowest BCUT2D eigenvalue weighted by atomic mass is 10.0. The third-order valence-electron chi connectivity index (χ3n) is 2.58. The van der Waals surface area contributed by atoms with Crippen LogP contribution < -0.4 is 5.73 Å². The molecular weight excluding hydrogens is 218 g/mol. The first-order valence-corrected chi connectivity index (χ1v) is 5.68. The number of benzene rings is 2. The van der Waals surface area contributed by atoms with Crippen LogP contribution in [0.15, 0.2) is 48.5 Å². The zero-order valence-corrected chi connectivity index (χ0v) is 9.74. The number of halogens is 1. The Morgan fingerprint density at radius 1 is 0.938 bits per heavy atom. The van der Waals surface area contributed by atoms with Gasteiger partial charge in [-0.25, -0.2) is 0 Å². The second-order valence-corrected chi connectivity index (χ2v) is 4.20. The molecule has 82 valence electrons. The van der Waals surface area contributed by atoms with Gasteiger partial charge in [0.25, 0.3) is 0 Å². The Labute approximate surface area is 101 Å². The van der Waals surface area contributed by atoms with Crippen LogP contribution in [0.4, 0.5) is 0 Å². The fraction of sp³-hybridized carbons (Fsp3) is 0.143. The van der Waals surface area contributed by atoms with Gasteiger partial charge < -0.3 is 5.73 Å². The molecule has 1 nitrogen and oxygen atoms in total. The van der Waals surface area contributed by atoms with Crippen molar-refractivity contribution < 1.29 is 0 Å². The molecule has 0 saturated carbocycles. The molecule has 2 aromatic rings. The Bertz CT molecular complexity index is 465. The van der Waals surface area contributed by atoms with Crippen molar-refractivity contribution in [2.45, 2.75) is 13.0 Å². The van der Waals surface area contributed by atoms with Crippen molar-refractivity contribution in [2.24, 2.45) is 5.73 Å². The largest absolute Gasteiger partial charge is 0.326 e. The molecule has 0 spiro atoms. The fourth-order valence-electron chi connectivity index (χ4n) is 1.73. The molecule has 0 aromatic heterocycles. The van der Waals surface area contributed by atoms with Gasteiger partial charge in [0.2, 0.25) is 0 Å². The van der Waals surface area contributed by atoms with E-state index < -0.39 is 0 Å². The van der Waals surface area contributed by atoms with E-state index >= 15 is 0 Å². The molecule has 0 saturated heterocycles. The van der Waals surface area contributed by atoms with Gasteiger partial charge in [0, 0.05) is 11.6 Å². The van der Waals surface area contributed by atoms with Gasteiger partial charge in [0.15, 0.2) is 0 Å². The molecule has 0 heterocycles. The molecule has 0 radical (unpaired) electrons. The van der Waals surface area contributed by atoms with Gasteiger partial charge in [-0.2, -0.15) is 0 Å². The third kappa shape index (κ3) is 2.63. The Morgan fingerprint density at radius 2 is 1.69 bits per heavy atom. The van der Waals surface area contributed by atoms with Gasteiger partial charge in [-0.05, 0) is 29.2 Å². The zero-order chi connectivity index (χ0) is 11.4. The van der Waals surface area contributed by atoms with E-state index in [1.807, 2.05) is 12.1 Å². The van der Waals surface area contributed by atoms with Crippen molar-refractivity contribution in [3.63, 3.8) is 0 Å². The van der Waals surface area contributed by atoms with Gasteiger partial charge in [-0.1, -0.05) is 54.1 Å². The standard InChI is InChI=1S/C14H14ClN/c15-14-7-6-12(9-13(14)10-16)8-11-4-2-1-3-5-11/h1-7,9H,8,10,16H2. The van der Waals surface area contributed by atoms with Crippen LogP contribution in [0.25, 0.3) is 0 Å². The van der Waals surface area contributed by atoms with Crippen molar-refractivity contribution in [1.29, 1.82) is 0 Å². The van der Waals surface area contributed by atoms with Gasteiger partial charge in [0.05, 0.1) is 0 Å². The highest BCUT2D eigenvalue weighted by Crippen LogP contribution is 2.19. The molecule has 2 aromatic carbocycles. The molecule has 16 heavy (non-hydrogen) atoms. The average Bonchev–Trinajstić information content (AvgIpc) is 2.33. The van der Waals surface area contributed by atoms with E-state index in [2.05, 4.69) is 36.4 Å². The molecule has 0 amide bonds. The maximum absolute atomic E-state index is 6.02. The quantitative estimate of drug-likeness (QED) is 0.861. The lowest BCUT2D eigenvalue weighted by molar-refractivity contribution is 1.06. The average molecular weight is 232 g/mol. The molecule has 0 aliphatic rings. The summed E-state index contributed by atoms with van der Waals surface area (Å²) in [6.45, 7) is 0.488. The fourth-order valence-corrected chi connectivity index (χ4v) is 1.92. The van der Waals surface area contributed by atoms with Crippen LogP contribution in [0.3, 0.4) is 0 Å². The summed E-state index contributed by atoms with van der Waals surface area (Å²) in [5.41, 5.74) is 9.18. The summed E-state index contributed by atoms with van der Waals surface area (Å²) in [4.78, 5) is 0. The van der Waals surface area contributed by atoms with E-state index in [-0.39, 0.29) is 0 Å². The van der Waals surface area contributed by atoms with Crippen LogP contribution in [-0.4, -0.2) is 0 Å². The highest BCUT2D eigenvalue weighted by atomic mass is 35.5. The predicted octanol–water partition coefficient (Wildman–Crippen LogP) is 3.39. The van der Waals surface area contributed by atoms with Crippen molar-refractivity contribution in [1.82, 2.24) is 0 Å². The first-order chi connectivity index (χ1) is 7.79. The molecule has 0 aliphatic heterocycles. The van der Waals surface area contributed by atoms with Crippen molar-refractivity contribution >= 4 is 11.6 Å². The molecule has 2 heteroatoms. The van der Waals surface area contributed by atoms with Crippen molar-refractivity contribution in [3.8, 4) is 0 Å². The van der Waals surface area contributed by atoms with Crippen LogP contribution in [0.2, 0.25) is 5.02 Å². The van der Waals surface area contributed by atoms with Crippen LogP contribution in [-0.2, 0) is 13.0 Å². The smallest absolute Gasteiger partial charge is 0.0451 e. The van der Waals surface area contributed by atoms with Crippen LogP contribution >= 0.6 is 11.6 Å². The first-order valence-electron chi connectivity index (χ1n) is 5.31. The van der Waals surface area contributed by atoms with Crippen LogP contribution in [0.1, 0.15) is 16.7 Å². The monoisotopic (exact) mass is 231 g/mol. The van der Waals surface area contributed by atoms with E-state index in [9.17, 15) is 0 Å². The maximum atomic E-state index is 6.02. The Kier molecular flexibility index (Phi) is 3.60. The topological polar surface area (TPSA) is 26.0 Å². The molecule has 0 atom stereocenters. The molecule has 0 bridgehead atoms. The summed E-state index contributed by atoms with van der Waals surface area (Å²) in [5.74, 6) is 0. The highest BCUT2D eigenvalue weighted by Gasteiger charge is 2.01. The van der Waals surface area contributed by atoms with E-state index in [1.54, 1.807) is 0 Å². The van der Waals surface area contributed by atoms with Gasteiger partial charge in [-0.3, -0.25) is 0 Å². The SMILES string of the molecule is NCc1cc(Cc2ccccc2)ccc1Cl. The second kappa shape index (κ2) is 5.15. The number of hydrogen-bond donors (Lipinski definition) is 1. The van der Waals surface area contributed by atoms with E-state index in [0.717, 1.165) is 17.0 Å². The maximum Gasteiger partial charge on any atom is 0.0451 e. The summed E-state index contributed by atoms with van der Waals surface area (Å²) in [7, 11) is 0. The minimum atomic E-state index is 0.488. The minimum absolute atomic E-state index is 0.488. The zero-order valence-electron chi connectivity index (χ0n) is 8.99. The summed E-state index contributed by atoms with van der Waals surface area (Å²) >= 11 is 6.02. The lowest BCUT2D eigenvalue weighted by Gasteiger charge is -2.06. The Hall–Kier alpha value is -1.31. The molecule has 0 aliphatic carbocycles. The molecule has 2 rings (SSSR count). The lowest BCUT2D eigenvalue weighted by Crippen LogP contribution is -1.98. The number of hydrogen-bond acceptors (Lipinski definition) is 1. The van der Waals surface area contributed by atoms with E-state index in [0.29, 0.717) is 6.54 Å². The molecule has 0 unspecified atom stereocenters. The summed E-state index contributed by atoms with van der Waals surface area (Å²) in [5, 5.41) is 0.749. The van der Waals surface area contributed by atoms with E-state index in [1.165, 1.54) is 11.1 Å². The molecular formula is C14H14ClN. The van der Waals surface area contributed by atoms with Crippen LogP contribution in [0.5, 0.6) is 0 Å². The van der Waals surface area contributed by atoms with Gasteiger partial charge in [-0.15, -0.1) is 0 Å². The van der Waals surface area contributed by atoms with E-state index in [4.69, 9.17) is 17.3 Å². The molecule has 0 fully saturated rings. The van der Waals surface area contributed by atoms with Gasteiger partial charge >= 0.3 is 0 Å². The van der Waals surface area contributed by atoms with Gasteiger partial charge in [0.1, 0.15) is 0 Å². The minimum Gasteiger partial charge on any atom is -0.326 e. The van der Waals surface area contributed by atoms with Crippen molar-refractivity contribution in [3.05, 3.63) is 70.2 Å². The summed E-state index contributed by atoms with van der Waals surface area (Å²) < 4.78 is 0. The van der Waals surface area contributed by atoms with Crippen molar-refractivity contribution in [2.75, 3.05) is 0 Å². The number of nitrogens with two attached hydrogens (primary N) is 1. The Balaban J connectivity index is 2.22. The normalized spacial score (nSPS) is 10.4. The number of rotatable bonds is 3. The second-order valence-electron chi connectivity index (χ2n) is 3.79. The summed E-state index contributed by atoms with van der Waals surface area (Å²) in [6.07, 6.45) is 0.922. The Morgan fingerprint density at radius 3 is 2.38 bits per heavy atom. The molecule has 2 N–H and O–H groups in total. The predicted molar refractivity (Wildman–Crippen MR) is 68.6 cm³/mol. The first kappa shape index (κ1) is 11.2. The van der Waals surface area contributed by atoms with Crippen LogP contribution in [0, 0.1) is 0 Å². The highest BCUT2D eigenvalue weighted by molar-refractivity contribution is 6.31. The third-order valence-corrected chi connectivity index (χ3v) is 2.95. The summed E-state index contributed by atoms with van der Waals surface area (Å²) in [6, 6.07) is 16.4.